The smallest absolute Gasteiger partial charge is 0.350 e. The molecule has 8 heteroatoms. The Morgan fingerprint density at radius 3 is 2.87 bits per heavy atom. The summed E-state index contributed by atoms with van der Waals surface area (Å²) in [4.78, 5) is 36.8. The summed E-state index contributed by atoms with van der Waals surface area (Å²) >= 11 is 0. The first-order chi connectivity index (χ1) is 11.0. The van der Waals surface area contributed by atoms with Gasteiger partial charge in [-0.1, -0.05) is 13.3 Å². The van der Waals surface area contributed by atoms with Crippen molar-refractivity contribution in [3.8, 4) is 6.07 Å². The maximum absolute atomic E-state index is 12.0. The summed E-state index contributed by atoms with van der Waals surface area (Å²) in [5, 5.41) is 11.7. The van der Waals surface area contributed by atoms with Crippen molar-refractivity contribution in [2.75, 3.05) is 26.8 Å². The van der Waals surface area contributed by atoms with Crippen molar-refractivity contribution in [2.24, 2.45) is 0 Å². The summed E-state index contributed by atoms with van der Waals surface area (Å²) in [6.45, 7) is 3.02. The normalized spacial score (nSPS) is 18.0. The molecule has 0 radical (unpaired) electrons. The first-order valence-electron chi connectivity index (χ1n) is 7.42. The highest BCUT2D eigenvalue weighted by Crippen LogP contribution is 2.13. The molecule has 0 aromatic carbocycles. The molecule has 0 bridgehead atoms. The van der Waals surface area contributed by atoms with Gasteiger partial charge in [0.15, 0.2) is 5.57 Å². The van der Waals surface area contributed by atoms with Crippen LogP contribution >= 0.6 is 0 Å². The molecule has 1 atom stereocenters. The number of methoxy groups -OCH3 is 1. The number of amides is 1. The Balaban J connectivity index is 2.81. The molecule has 1 rings (SSSR count). The first-order valence-corrected chi connectivity index (χ1v) is 7.42. The van der Waals surface area contributed by atoms with E-state index in [9.17, 15) is 14.4 Å². The van der Waals surface area contributed by atoms with Gasteiger partial charge in [0, 0.05) is 19.3 Å². The highest BCUT2D eigenvalue weighted by molar-refractivity contribution is 5.93. The van der Waals surface area contributed by atoms with Crippen molar-refractivity contribution in [1.29, 1.82) is 5.26 Å². The molecule has 1 fully saturated rings. The molecule has 0 aromatic heterocycles. The van der Waals surface area contributed by atoms with Gasteiger partial charge in [-0.2, -0.15) is 5.26 Å². The maximum Gasteiger partial charge on any atom is 0.350 e. The Morgan fingerprint density at radius 1 is 1.52 bits per heavy atom. The summed E-state index contributed by atoms with van der Waals surface area (Å²) < 4.78 is 9.56. The van der Waals surface area contributed by atoms with Gasteiger partial charge in [-0.3, -0.25) is 9.59 Å². The zero-order valence-electron chi connectivity index (χ0n) is 13.3. The predicted molar refractivity (Wildman–Crippen MR) is 79.7 cm³/mol. The lowest BCUT2D eigenvalue weighted by atomic mass is 10.1. The molecule has 126 valence electrons. The van der Waals surface area contributed by atoms with Gasteiger partial charge >= 0.3 is 11.9 Å². The number of nitriles is 1. The molecule has 1 heterocycles. The van der Waals surface area contributed by atoms with Crippen LogP contribution in [0.3, 0.4) is 0 Å². The number of ether oxygens (including phenoxy) is 2. The molecule has 1 aliphatic rings. The Morgan fingerprint density at radius 2 is 2.26 bits per heavy atom. The number of esters is 2. The second-order valence-electron chi connectivity index (χ2n) is 4.97. The molecule has 1 N–H and O–H groups in total. The topological polar surface area (TPSA) is 109 Å². The van der Waals surface area contributed by atoms with Crippen molar-refractivity contribution in [3.63, 3.8) is 0 Å². The number of hydrogen-bond donors (Lipinski definition) is 1. The Hall–Kier alpha value is -2.56. The number of nitrogens with zero attached hydrogens (tertiary/aromatic N) is 2. The fraction of sp³-hybridized carbons (Fsp3) is 0.600. The largest absolute Gasteiger partial charge is 0.466 e. The molecule has 23 heavy (non-hydrogen) atoms. The van der Waals surface area contributed by atoms with E-state index in [-0.39, 0.29) is 17.9 Å². The summed E-state index contributed by atoms with van der Waals surface area (Å²) in [6.07, 6.45) is 2.77. The van der Waals surface area contributed by atoms with Crippen LogP contribution in [0.15, 0.2) is 11.8 Å². The van der Waals surface area contributed by atoms with Crippen molar-refractivity contribution in [2.45, 2.75) is 32.2 Å². The van der Waals surface area contributed by atoms with E-state index in [4.69, 9.17) is 10.00 Å². The lowest BCUT2D eigenvalue weighted by molar-refractivity contribution is -0.147. The van der Waals surface area contributed by atoms with Crippen molar-refractivity contribution in [1.82, 2.24) is 10.2 Å². The third-order valence-electron chi connectivity index (χ3n) is 3.31. The van der Waals surface area contributed by atoms with Crippen molar-refractivity contribution in [3.05, 3.63) is 11.8 Å². The quantitative estimate of drug-likeness (QED) is 0.306. The Labute approximate surface area is 135 Å². The summed E-state index contributed by atoms with van der Waals surface area (Å²) in [5.41, 5.74) is -0.230. The average molecular weight is 323 g/mol. The number of nitrogens with one attached hydrogen (secondary N) is 1. The van der Waals surface area contributed by atoms with E-state index in [1.807, 2.05) is 6.92 Å². The van der Waals surface area contributed by atoms with E-state index in [0.717, 1.165) is 12.8 Å². The molecular formula is C15H21N3O5. The van der Waals surface area contributed by atoms with E-state index in [1.165, 1.54) is 18.2 Å². The van der Waals surface area contributed by atoms with E-state index >= 15 is 0 Å². The fourth-order valence-corrected chi connectivity index (χ4v) is 2.05. The standard InChI is InChI=1S/C15H21N3O5/c1-3-4-7-23-13(19)8-12-14(20)17-5-6-18(12)10-11(9-16)15(21)22-2/h10,12H,3-8H2,1-2H3,(H,17,20)/b11-10+. The van der Waals surface area contributed by atoms with Gasteiger partial charge in [-0.25, -0.2) is 4.79 Å². The fourth-order valence-electron chi connectivity index (χ4n) is 2.05. The molecule has 0 aliphatic carbocycles. The SMILES string of the molecule is CCCCOC(=O)CC1C(=O)NCCN1/C=C(\C#N)C(=O)OC. The molecule has 0 aromatic rings. The van der Waals surface area contributed by atoms with Crippen LogP contribution in [0.4, 0.5) is 0 Å². The Bertz CT molecular complexity index is 524. The van der Waals surface area contributed by atoms with Crippen molar-refractivity contribution >= 4 is 17.8 Å². The molecule has 1 saturated heterocycles. The van der Waals surface area contributed by atoms with Crippen LogP contribution in [0.5, 0.6) is 0 Å². The van der Waals surface area contributed by atoms with E-state index in [0.29, 0.717) is 19.7 Å². The molecular weight excluding hydrogens is 302 g/mol. The second-order valence-corrected chi connectivity index (χ2v) is 4.97. The van der Waals surface area contributed by atoms with Gasteiger partial charge in [-0.15, -0.1) is 0 Å². The molecule has 8 nitrogen and oxygen atoms in total. The maximum atomic E-state index is 12.0. The van der Waals surface area contributed by atoms with Crippen LogP contribution in [-0.4, -0.2) is 55.6 Å². The molecule has 1 unspecified atom stereocenters. The highest BCUT2D eigenvalue weighted by atomic mass is 16.5. The van der Waals surface area contributed by atoms with Gasteiger partial charge in [0.25, 0.3) is 0 Å². The monoisotopic (exact) mass is 323 g/mol. The number of hydrogen-bond acceptors (Lipinski definition) is 7. The summed E-state index contributed by atoms with van der Waals surface area (Å²) in [6, 6.07) is 0.914. The number of unbranched alkanes of at least 4 members (excludes halogenated alkanes) is 1. The van der Waals surface area contributed by atoms with Crippen LogP contribution in [-0.2, 0) is 23.9 Å². The Kier molecular flexibility index (Phi) is 7.60. The minimum atomic E-state index is -0.814. The van der Waals surface area contributed by atoms with Crippen LogP contribution in [0, 0.1) is 11.3 Å². The van der Waals surface area contributed by atoms with Gasteiger partial charge in [0.2, 0.25) is 5.91 Å². The zero-order chi connectivity index (χ0) is 17.2. The van der Waals surface area contributed by atoms with Crippen LogP contribution < -0.4 is 5.32 Å². The van der Waals surface area contributed by atoms with E-state index < -0.39 is 18.0 Å². The van der Waals surface area contributed by atoms with Crippen molar-refractivity contribution < 1.29 is 23.9 Å². The lowest BCUT2D eigenvalue weighted by Gasteiger charge is -2.33. The predicted octanol–water partition coefficient (Wildman–Crippen LogP) is 0.101. The zero-order valence-corrected chi connectivity index (χ0v) is 13.3. The van der Waals surface area contributed by atoms with Gasteiger partial charge in [0.1, 0.15) is 12.1 Å². The summed E-state index contributed by atoms with van der Waals surface area (Å²) in [7, 11) is 1.17. The van der Waals surface area contributed by atoms with Gasteiger partial charge in [0.05, 0.1) is 20.1 Å². The van der Waals surface area contributed by atoms with Gasteiger partial charge < -0.3 is 19.7 Å². The molecule has 0 saturated carbocycles. The molecule has 1 amide bonds. The molecule has 0 spiro atoms. The van der Waals surface area contributed by atoms with Gasteiger partial charge in [-0.05, 0) is 6.42 Å². The van der Waals surface area contributed by atoms with E-state index in [2.05, 4.69) is 10.1 Å². The molecule has 1 aliphatic heterocycles. The number of piperazine rings is 1. The number of carbonyl (C=O) groups excluding carboxylic acids is 3. The third kappa shape index (κ3) is 5.62. The number of carbonyl (C=O) groups is 3. The lowest BCUT2D eigenvalue weighted by Crippen LogP contribution is -2.54. The minimum absolute atomic E-state index is 0.147. The number of rotatable bonds is 7. The van der Waals surface area contributed by atoms with E-state index in [1.54, 1.807) is 6.07 Å². The second kappa shape index (κ2) is 9.46. The minimum Gasteiger partial charge on any atom is -0.466 e. The highest BCUT2D eigenvalue weighted by Gasteiger charge is 2.31. The third-order valence-corrected chi connectivity index (χ3v) is 3.31. The first kappa shape index (κ1) is 18.5. The van der Waals surface area contributed by atoms with Crippen LogP contribution in [0.2, 0.25) is 0 Å². The van der Waals surface area contributed by atoms with Crippen LogP contribution in [0.1, 0.15) is 26.2 Å². The van der Waals surface area contributed by atoms with Crippen LogP contribution in [0.25, 0.3) is 0 Å². The average Bonchev–Trinajstić information content (AvgIpc) is 2.55. The summed E-state index contributed by atoms with van der Waals surface area (Å²) in [5.74, 6) is -1.62.